The molecule has 0 spiro atoms. The van der Waals surface area contributed by atoms with Crippen molar-refractivity contribution in [2.45, 2.75) is 26.0 Å². The number of fused-ring (bicyclic) bond motifs is 1. The molecule has 0 radical (unpaired) electrons. The molecule has 0 saturated heterocycles. The van der Waals surface area contributed by atoms with Gasteiger partial charge in [0, 0.05) is 13.0 Å². The number of aryl methyl sites for hydroxylation is 1. The van der Waals surface area contributed by atoms with Crippen LogP contribution in [-0.4, -0.2) is 30.8 Å². The predicted octanol–water partition coefficient (Wildman–Crippen LogP) is 1.10. The van der Waals surface area contributed by atoms with Crippen LogP contribution in [-0.2, 0) is 25.5 Å². The molecule has 100 valence electrons. The van der Waals surface area contributed by atoms with Crippen molar-refractivity contribution in [3.63, 3.8) is 0 Å². The van der Waals surface area contributed by atoms with Crippen LogP contribution in [0, 0.1) is 0 Å². The second-order valence-corrected chi connectivity index (χ2v) is 4.21. The number of nitrogens with zero attached hydrogens (tertiary/aromatic N) is 1. The average molecular weight is 261 g/mol. The topological polar surface area (TPSA) is 63.7 Å². The fourth-order valence-electron chi connectivity index (χ4n) is 2.15. The van der Waals surface area contributed by atoms with Gasteiger partial charge in [0.25, 0.3) is 5.91 Å². The lowest BCUT2D eigenvalue weighted by Gasteiger charge is -2.27. The van der Waals surface area contributed by atoms with Crippen LogP contribution in [0.1, 0.15) is 18.9 Å². The molecule has 0 aliphatic carbocycles. The van der Waals surface area contributed by atoms with Crippen LogP contribution in [0.25, 0.3) is 0 Å². The van der Waals surface area contributed by atoms with Crippen LogP contribution in [0.5, 0.6) is 0 Å². The molecule has 5 heteroatoms. The Balaban J connectivity index is 2.49. The number of rotatable bonds is 4. The van der Waals surface area contributed by atoms with Gasteiger partial charge in [-0.3, -0.25) is 19.3 Å². The molecule has 5 nitrogen and oxygen atoms in total. The van der Waals surface area contributed by atoms with E-state index in [-0.39, 0.29) is 13.0 Å². The van der Waals surface area contributed by atoms with Gasteiger partial charge in [0.05, 0.1) is 5.69 Å². The number of hydrogen-bond donors (Lipinski definition) is 0. The Bertz CT molecular complexity index is 512. The third-order valence-electron chi connectivity index (χ3n) is 3.04. The molecule has 1 aromatic rings. The van der Waals surface area contributed by atoms with E-state index < -0.39 is 17.9 Å². The smallest absolute Gasteiger partial charge is 0.296 e. The van der Waals surface area contributed by atoms with E-state index in [9.17, 15) is 14.4 Å². The van der Waals surface area contributed by atoms with Crippen molar-refractivity contribution in [3.05, 3.63) is 29.8 Å². The Morgan fingerprint density at radius 2 is 2.05 bits per heavy atom. The Hall–Kier alpha value is -2.01. The van der Waals surface area contributed by atoms with Gasteiger partial charge in [-0.05, 0) is 25.0 Å². The Morgan fingerprint density at radius 1 is 1.32 bits per heavy atom. The second kappa shape index (κ2) is 5.75. The first-order chi connectivity index (χ1) is 9.19. The first-order valence-electron chi connectivity index (χ1n) is 6.20. The zero-order valence-electron chi connectivity index (χ0n) is 10.7. The highest BCUT2D eigenvalue weighted by Crippen LogP contribution is 2.27. The number of anilines is 1. The summed E-state index contributed by atoms with van der Waals surface area (Å²) in [5, 5.41) is 0. The van der Waals surface area contributed by atoms with Crippen molar-refractivity contribution in [1.29, 1.82) is 0 Å². The van der Waals surface area contributed by atoms with E-state index in [0.717, 1.165) is 10.5 Å². The van der Waals surface area contributed by atoms with E-state index in [2.05, 4.69) is 0 Å². The quantitative estimate of drug-likeness (QED) is 0.601. The molecule has 0 saturated carbocycles. The first kappa shape index (κ1) is 13.4. The van der Waals surface area contributed by atoms with Crippen molar-refractivity contribution < 1.29 is 19.1 Å². The summed E-state index contributed by atoms with van der Waals surface area (Å²) in [5.41, 5.74) is 1.44. The summed E-state index contributed by atoms with van der Waals surface area (Å²) >= 11 is 0. The number of ketones is 1. The van der Waals surface area contributed by atoms with Gasteiger partial charge in [-0.2, -0.15) is 0 Å². The summed E-state index contributed by atoms with van der Waals surface area (Å²) < 4.78 is 5.25. The van der Waals surface area contributed by atoms with Gasteiger partial charge in [-0.25, -0.2) is 0 Å². The molecule has 0 aromatic heterocycles. The minimum absolute atomic E-state index is 0.157. The SMILES string of the molecule is CCOC(C=O)N1C(=O)C(=O)CCc2ccccc21. The molecule has 1 heterocycles. The first-order valence-corrected chi connectivity index (χ1v) is 6.20. The van der Waals surface area contributed by atoms with Crippen molar-refractivity contribution in [2.75, 3.05) is 11.5 Å². The normalized spacial score (nSPS) is 16.8. The largest absolute Gasteiger partial charge is 0.351 e. The summed E-state index contributed by atoms with van der Waals surface area (Å²) in [7, 11) is 0. The molecule has 2 rings (SSSR count). The van der Waals surface area contributed by atoms with Gasteiger partial charge >= 0.3 is 0 Å². The lowest BCUT2D eigenvalue weighted by atomic mass is 10.1. The summed E-state index contributed by atoms with van der Waals surface area (Å²) in [5.74, 6) is -1.18. The van der Waals surface area contributed by atoms with Gasteiger partial charge in [0.1, 0.15) is 0 Å². The maximum absolute atomic E-state index is 12.1. The highest BCUT2D eigenvalue weighted by Gasteiger charge is 2.33. The highest BCUT2D eigenvalue weighted by atomic mass is 16.5. The Kier molecular flexibility index (Phi) is 4.06. The standard InChI is InChI=1S/C14H15NO4/c1-2-19-13(9-16)15-11-6-4-3-5-10(11)7-8-12(17)14(15)18/h3-6,9,13H,2,7-8H2,1H3. The second-order valence-electron chi connectivity index (χ2n) is 4.21. The lowest BCUT2D eigenvalue weighted by Crippen LogP contribution is -2.46. The van der Waals surface area contributed by atoms with Crippen LogP contribution in [0.3, 0.4) is 0 Å². The van der Waals surface area contributed by atoms with Crippen LogP contribution in [0.2, 0.25) is 0 Å². The minimum atomic E-state index is -1.05. The Labute approximate surface area is 111 Å². The number of carbonyl (C=O) groups is 3. The van der Waals surface area contributed by atoms with Gasteiger partial charge < -0.3 is 4.74 Å². The van der Waals surface area contributed by atoms with Crippen LogP contribution in [0.15, 0.2) is 24.3 Å². The van der Waals surface area contributed by atoms with Crippen molar-refractivity contribution in [2.24, 2.45) is 0 Å². The molecule has 1 amide bonds. The van der Waals surface area contributed by atoms with Crippen molar-refractivity contribution >= 4 is 23.7 Å². The molecule has 1 aromatic carbocycles. The zero-order valence-corrected chi connectivity index (χ0v) is 10.7. The summed E-state index contributed by atoms with van der Waals surface area (Å²) in [6, 6.07) is 7.18. The van der Waals surface area contributed by atoms with Crippen molar-refractivity contribution in [3.8, 4) is 0 Å². The highest BCUT2D eigenvalue weighted by molar-refractivity contribution is 6.42. The summed E-state index contributed by atoms with van der Waals surface area (Å²) in [6.07, 6.45) is 0.135. The maximum Gasteiger partial charge on any atom is 0.296 e. The molecule has 19 heavy (non-hydrogen) atoms. The average Bonchev–Trinajstić information content (AvgIpc) is 2.55. The van der Waals surface area contributed by atoms with Gasteiger partial charge in [-0.1, -0.05) is 18.2 Å². The molecule has 0 fully saturated rings. The van der Waals surface area contributed by atoms with Gasteiger partial charge in [0.15, 0.2) is 12.5 Å². The lowest BCUT2D eigenvalue weighted by molar-refractivity contribution is -0.138. The van der Waals surface area contributed by atoms with E-state index in [1.165, 1.54) is 0 Å². The number of ether oxygens (including phenoxy) is 1. The number of amides is 1. The number of benzene rings is 1. The molecule has 1 unspecified atom stereocenters. The third kappa shape index (κ3) is 2.56. The van der Waals surface area contributed by atoms with E-state index in [0.29, 0.717) is 18.4 Å². The molecule has 1 atom stereocenters. The molecule has 1 aliphatic heterocycles. The van der Waals surface area contributed by atoms with Gasteiger partial charge in [-0.15, -0.1) is 0 Å². The van der Waals surface area contributed by atoms with E-state index in [4.69, 9.17) is 4.74 Å². The molecular formula is C14H15NO4. The minimum Gasteiger partial charge on any atom is -0.351 e. The summed E-state index contributed by atoms with van der Waals surface area (Å²) in [4.78, 5) is 36.2. The van der Waals surface area contributed by atoms with Crippen LogP contribution >= 0.6 is 0 Å². The Morgan fingerprint density at radius 3 is 2.74 bits per heavy atom. The van der Waals surface area contributed by atoms with E-state index in [1.54, 1.807) is 19.1 Å². The number of carbonyl (C=O) groups excluding carboxylic acids is 3. The number of hydrogen-bond acceptors (Lipinski definition) is 4. The number of para-hydroxylation sites is 1. The third-order valence-corrected chi connectivity index (χ3v) is 3.04. The van der Waals surface area contributed by atoms with Crippen molar-refractivity contribution in [1.82, 2.24) is 0 Å². The number of Topliss-reactive ketones (excluding diaryl/α,β-unsaturated/α-hetero) is 1. The number of aldehydes is 1. The molecular weight excluding hydrogens is 246 g/mol. The molecule has 0 N–H and O–H groups in total. The molecule has 1 aliphatic rings. The van der Waals surface area contributed by atoms with Crippen LogP contribution in [0.4, 0.5) is 5.69 Å². The van der Waals surface area contributed by atoms with E-state index >= 15 is 0 Å². The molecule has 0 bridgehead atoms. The fraction of sp³-hybridized carbons (Fsp3) is 0.357. The summed E-state index contributed by atoms with van der Waals surface area (Å²) in [6.45, 7) is 2.01. The van der Waals surface area contributed by atoms with Gasteiger partial charge in [0.2, 0.25) is 5.78 Å². The maximum atomic E-state index is 12.1. The predicted molar refractivity (Wildman–Crippen MR) is 68.7 cm³/mol. The van der Waals surface area contributed by atoms with E-state index in [1.807, 2.05) is 12.1 Å². The zero-order chi connectivity index (χ0) is 13.8. The van der Waals surface area contributed by atoms with Crippen LogP contribution < -0.4 is 4.90 Å². The fourth-order valence-corrected chi connectivity index (χ4v) is 2.15. The monoisotopic (exact) mass is 261 g/mol.